The number of sulfone groups is 1. The number of nitrogens with zero attached hydrogens (tertiary/aromatic N) is 1. The zero-order valence-corrected chi connectivity index (χ0v) is 12.9. The van der Waals surface area contributed by atoms with Crippen LogP contribution in [0, 0.1) is 0 Å². The van der Waals surface area contributed by atoms with Crippen LogP contribution in [0.1, 0.15) is 0 Å². The average molecular weight is 357 g/mol. The van der Waals surface area contributed by atoms with Gasteiger partial charge < -0.3 is 10.3 Å². The van der Waals surface area contributed by atoms with Crippen molar-refractivity contribution < 1.29 is 8.42 Å². The third-order valence-corrected chi connectivity index (χ3v) is 5.48. The Labute approximate surface area is 125 Å². The highest BCUT2D eigenvalue weighted by Crippen LogP contribution is 2.22. The Hall–Kier alpha value is -1.60. The van der Waals surface area contributed by atoms with Gasteiger partial charge in [-0.2, -0.15) is 0 Å². The lowest BCUT2D eigenvalue weighted by atomic mass is 10.4. The van der Waals surface area contributed by atoms with Crippen LogP contribution in [0.4, 0.5) is 5.69 Å². The fraction of sp³-hybridized carbons (Fsp3) is 0.154. The second-order valence-electron chi connectivity index (χ2n) is 4.24. The molecule has 1 aromatic heterocycles. The van der Waals surface area contributed by atoms with E-state index in [1.807, 2.05) is 0 Å². The SMILES string of the molecule is Nc1ccc(=O)n(CCS(=O)(=O)c2ccccc2Br)c1. The molecular weight excluding hydrogens is 344 g/mol. The van der Waals surface area contributed by atoms with Crippen molar-refractivity contribution in [3.63, 3.8) is 0 Å². The van der Waals surface area contributed by atoms with E-state index < -0.39 is 9.84 Å². The van der Waals surface area contributed by atoms with Crippen LogP contribution in [0.2, 0.25) is 0 Å². The van der Waals surface area contributed by atoms with Gasteiger partial charge in [0.2, 0.25) is 0 Å². The monoisotopic (exact) mass is 356 g/mol. The molecule has 2 N–H and O–H groups in total. The molecule has 0 spiro atoms. The zero-order chi connectivity index (χ0) is 14.8. The Morgan fingerprint density at radius 3 is 2.55 bits per heavy atom. The van der Waals surface area contributed by atoms with E-state index in [-0.39, 0.29) is 22.8 Å². The number of rotatable bonds is 4. The van der Waals surface area contributed by atoms with Crippen molar-refractivity contribution in [1.29, 1.82) is 0 Å². The Morgan fingerprint density at radius 2 is 1.85 bits per heavy atom. The van der Waals surface area contributed by atoms with Crippen molar-refractivity contribution in [3.8, 4) is 0 Å². The summed E-state index contributed by atoms with van der Waals surface area (Å²) >= 11 is 3.22. The first-order valence-corrected chi connectivity index (χ1v) is 8.28. The van der Waals surface area contributed by atoms with Gasteiger partial charge in [-0.25, -0.2) is 8.42 Å². The minimum absolute atomic E-state index is 0.0630. The first-order valence-electron chi connectivity index (χ1n) is 5.83. The normalized spacial score (nSPS) is 11.4. The first kappa shape index (κ1) is 14.8. The lowest BCUT2D eigenvalue weighted by Crippen LogP contribution is -2.23. The molecule has 20 heavy (non-hydrogen) atoms. The van der Waals surface area contributed by atoms with Crippen LogP contribution in [0.5, 0.6) is 0 Å². The van der Waals surface area contributed by atoms with Crippen LogP contribution in [0.25, 0.3) is 0 Å². The molecule has 0 aliphatic rings. The highest BCUT2D eigenvalue weighted by atomic mass is 79.9. The summed E-state index contributed by atoms with van der Waals surface area (Å²) in [6, 6.07) is 9.40. The molecule has 0 atom stereocenters. The third kappa shape index (κ3) is 3.29. The number of aromatic nitrogens is 1. The van der Waals surface area contributed by atoms with Crippen LogP contribution in [0.3, 0.4) is 0 Å². The minimum atomic E-state index is -3.47. The third-order valence-electron chi connectivity index (χ3n) is 2.78. The van der Waals surface area contributed by atoms with Crippen molar-refractivity contribution in [2.75, 3.05) is 11.5 Å². The molecule has 0 saturated carbocycles. The topological polar surface area (TPSA) is 82.2 Å². The van der Waals surface area contributed by atoms with Gasteiger partial charge in [-0.1, -0.05) is 12.1 Å². The highest BCUT2D eigenvalue weighted by Gasteiger charge is 2.17. The molecule has 0 bridgehead atoms. The molecule has 0 unspecified atom stereocenters. The molecule has 0 aliphatic heterocycles. The Balaban J connectivity index is 2.24. The van der Waals surface area contributed by atoms with Crippen LogP contribution >= 0.6 is 15.9 Å². The standard InChI is InChI=1S/C13H13BrN2O3S/c14-11-3-1-2-4-12(11)20(18,19)8-7-16-9-10(15)5-6-13(16)17/h1-6,9H,7-8,15H2. The van der Waals surface area contributed by atoms with Gasteiger partial charge in [0, 0.05) is 29.0 Å². The lowest BCUT2D eigenvalue weighted by Gasteiger charge is -2.08. The van der Waals surface area contributed by atoms with E-state index in [0.29, 0.717) is 10.2 Å². The molecule has 106 valence electrons. The maximum atomic E-state index is 12.2. The summed E-state index contributed by atoms with van der Waals surface area (Å²) in [7, 11) is -3.47. The van der Waals surface area contributed by atoms with Gasteiger partial charge in [-0.3, -0.25) is 4.79 Å². The maximum absolute atomic E-state index is 12.2. The van der Waals surface area contributed by atoms with Crippen LogP contribution in [-0.4, -0.2) is 18.7 Å². The number of aryl methyl sites for hydroxylation is 1. The van der Waals surface area contributed by atoms with Crippen LogP contribution in [0.15, 0.2) is 56.8 Å². The van der Waals surface area contributed by atoms with E-state index in [4.69, 9.17) is 5.73 Å². The van der Waals surface area contributed by atoms with Crippen molar-refractivity contribution >= 4 is 31.5 Å². The quantitative estimate of drug-likeness (QED) is 0.902. The maximum Gasteiger partial charge on any atom is 0.250 e. The molecule has 0 amide bonds. The number of hydrogen-bond acceptors (Lipinski definition) is 4. The van der Waals surface area contributed by atoms with Crippen molar-refractivity contribution in [2.24, 2.45) is 0 Å². The second-order valence-corrected chi connectivity index (χ2v) is 7.18. The fourth-order valence-corrected chi connectivity index (χ4v) is 4.08. The predicted octanol–water partition coefficient (Wildman–Crippen LogP) is 1.67. The summed E-state index contributed by atoms with van der Waals surface area (Å²) < 4.78 is 26.3. The highest BCUT2D eigenvalue weighted by molar-refractivity contribution is 9.10. The molecule has 0 radical (unpaired) electrons. The molecule has 1 heterocycles. The zero-order valence-electron chi connectivity index (χ0n) is 10.5. The molecular formula is C13H13BrN2O3S. The second kappa shape index (κ2) is 5.80. The first-order chi connectivity index (χ1) is 9.40. The van der Waals surface area contributed by atoms with E-state index in [0.717, 1.165) is 0 Å². The van der Waals surface area contributed by atoms with E-state index in [1.54, 1.807) is 18.2 Å². The number of halogens is 1. The Morgan fingerprint density at radius 1 is 1.15 bits per heavy atom. The molecule has 7 heteroatoms. The van der Waals surface area contributed by atoms with Crippen molar-refractivity contribution in [3.05, 3.63) is 57.4 Å². The van der Waals surface area contributed by atoms with E-state index in [2.05, 4.69) is 15.9 Å². The molecule has 5 nitrogen and oxygen atoms in total. The Bertz CT molecular complexity index is 784. The van der Waals surface area contributed by atoms with Gasteiger partial charge in [0.25, 0.3) is 5.56 Å². The lowest BCUT2D eigenvalue weighted by molar-refractivity contribution is 0.587. The summed E-state index contributed by atoms with van der Waals surface area (Å²) in [5.41, 5.74) is 5.73. The predicted molar refractivity (Wildman–Crippen MR) is 81.3 cm³/mol. The van der Waals surface area contributed by atoms with Gasteiger partial charge in [0.05, 0.1) is 10.6 Å². The van der Waals surface area contributed by atoms with Gasteiger partial charge in [0.15, 0.2) is 9.84 Å². The number of nitrogen functional groups attached to an aromatic ring is 1. The van der Waals surface area contributed by atoms with E-state index in [9.17, 15) is 13.2 Å². The fourth-order valence-electron chi connectivity index (χ4n) is 1.75. The molecule has 0 aliphatic carbocycles. The molecule has 0 saturated heterocycles. The minimum Gasteiger partial charge on any atom is -0.398 e. The number of nitrogens with two attached hydrogens (primary N) is 1. The smallest absolute Gasteiger partial charge is 0.250 e. The number of anilines is 1. The summed E-state index contributed by atoms with van der Waals surface area (Å²) in [6.45, 7) is 0.0630. The largest absolute Gasteiger partial charge is 0.398 e. The molecule has 1 aromatic carbocycles. The van der Waals surface area contributed by atoms with Crippen molar-refractivity contribution in [2.45, 2.75) is 11.4 Å². The van der Waals surface area contributed by atoms with Crippen LogP contribution < -0.4 is 11.3 Å². The number of benzene rings is 1. The van der Waals surface area contributed by atoms with E-state index in [1.165, 1.54) is 29.0 Å². The Kier molecular flexibility index (Phi) is 4.29. The van der Waals surface area contributed by atoms with Crippen LogP contribution in [-0.2, 0) is 16.4 Å². The average Bonchev–Trinajstić information content (AvgIpc) is 2.40. The van der Waals surface area contributed by atoms with Gasteiger partial charge in [0.1, 0.15) is 0 Å². The number of hydrogen-bond donors (Lipinski definition) is 1. The van der Waals surface area contributed by atoms with Gasteiger partial charge >= 0.3 is 0 Å². The summed E-state index contributed by atoms with van der Waals surface area (Å²) in [4.78, 5) is 11.8. The summed E-state index contributed by atoms with van der Waals surface area (Å²) in [6.07, 6.45) is 1.44. The molecule has 0 fully saturated rings. The van der Waals surface area contributed by atoms with E-state index >= 15 is 0 Å². The number of pyridine rings is 1. The van der Waals surface area contributed by atoms with Gasteiger partial charge in [-0.15, -0.1) is 0 Å². The summed E-state index contributed by atoms with van der Waals surface area (Å²) in [5, 5.41) is 0. The molecule has 2 aromatic rings. The van der Waals surface area contributed by atoms with Crippen molar-refractivity contribution in [1.82, 2.24) is 4.57 Å². The molecule has 2 rings (SSSR count). The van der Waals surface area contributed by atoms with Gasteiger partial charge in [-0.05, 0) is 34.1 Å². The summed E-state index contributed by atoms with van der Waals surface area (Å²) in [5.74, 6) is -0.168.